The molecule has 0 amide bonds. The summed E-state index contributed by atoms with van der Waals surface area (Å²) in [6.45, 7) is 0.958. The van der Waals surface area contributed by atoms with Crippen LogP contribution in [-0.2, 0) is 0 Å². The minimum absolute atomic E-state index is 0.0474. The van der Waals surface area contributed by atoms with Crippen LogP contribution in [0.25, 0.3) is 0 Å². The van der Waals surface area contributed by atoms with Gasteiger partial charge in [-0.15, -0.1) is 0 Å². The van der Waals surface area contributed by atoms with E-state index in [2.05, 4.69) is 0 Å². The van der Waals surface area contributed by atoms with Gasteiger partial charge in [0.2, 0.25) is 0 Å². The fourth-order valence-corrected chi connectivity index (χ4v) is 1.22. The van der Waals surface area contributed by atoms with Gasteiger partial charge < -0.3 is 0 Å². The van der Waals surface area contributed by atoms with Crippen LogP contribution in [0.4, 0.5) is 43.9 Å². The first kappa shape index (κ1) is 18.0. The summed E-state index contributed by atoms with van der Waals surface area (Å²) in [6.07, 6.45) is -20.5. The molecule has 0 fully saturated rings. The van der Waals surface area contributed by atoms with Crippen LogP contribution in [0.5, 0.6) is 0 Å². The Hall–Kier alpha value is -0.960. The van der Waals surface area contributed by atoms with E-state index in [-0.39, 0.29) is 6.08 Å². The lowest BCUT2D eigenvalue weighted by Crippen LogP contribution is -2.55. The number of allylic oxidation sites excluding steroid dienone is 2. The predicted octanol–water partition coefficient (Wildman–Crippen LogP) is 4.96. The van der Waals surface area contributed by atoms with Crippen molar-refractivity contribution in [1.29, 1.82) is 0 Å². The molecule has 10 heteroatoms. The summed E-state index contributed by atoms with van der Waals surface area (Å²) in [4.78, 5) is 0. The molecule has 0 aliphatic carbocycles. The lowest BCUT2D eigenvalue weighted by atomic mass is 9.89. The molecule has 1 unspecified atom stereocenters. The zero-order valence-electron chi connectivity index (χ0n) is 9.22. The molecule has 1 atom stereocenters. The molecule has 0 aromatic heterocycles. The zero-order chi connectivity index (χ0) is 15.7. The minimum Gasteiger partial charge on any atom is -0.224 e. The van der Waals surface area contributed by atoms with Gasteiger partial charge in [0.25, 0.3) is 5.67 Å². The first-order valence-corrected chi connectivity index (χ1v) is 4.68. The lowest BCUT2D eigenvalue weighted by Gasteiger charge is -2.32. The first-order chi connectivity index (χ1) is 8.17. The maximum Gasteiger partial charge on any atom is 0.431 e. The van der Waals surface area contributed by atoms with Crippen molar-refractivity contribution < 1.29 is 43.9 Å². The van der Waals surface area contributed by atoms with Gasteiger partial charge in [-0.05, 0) is 6.92 Å². The summed E-state index contributed by atoms with van der Waals surface area (Å²) >= 11 is 0. The fourth-order valence-electron chi connectivity index (χ4n) is 1.22. The van der Waals surface area contributed by atoms with Gasteiger partial charge in [0.15, 0.2) is 0 Å². The van der Waals surface area contributed by atoms with Gasteiger partial charge in [-0.3, -0.25) is 0 Å². The Balaban J connectivity index is 5.58. The number of halogens is 10. The maximum atomic E-state index is 13.1. The van der Waals surface area contributed by atoms with E-state index >= 15 is 0 Å². The predicted molar refractivity (Wildman–Crippen MR) is 44.9 cm³/mol. The zero-order valence-corrected chi connectivity index (χ0v) is 9.22. The van der Waals surface area contributed by atoms with Crippen molar-refractivity contribution in [1.82, 2.24) is 0 Å². The number of alkyl halides is 10. The summed E-state index contributed by atoms with van der Waals surface area (Å²) in [6, 6.07) is 0. The molecule has 0 saturated heterocycles. The largest absolute Gasteiger partial charge is 0.431 e. The van der Waals surface area contributed by atoms with E-state index in [4.69, 9.17) is 0 Å². The van der Waals surface area contributed by atoms with Gasteiger partial charge in [0, 0.05) is 6.42 Å². The Morgan fingerprint density at radius 1 is 0.789 bits per heavy atom. The summed E-state index contributed by atoms with van der Waals surface area (Å²) < 4.78 is 123. The highest BCUT2D eigenvalue weighted by Gasteiger charge is 2.73. The van der Waals surface area contributed by atoms with E-state index in [9.17, 15) is 43.9 Å². The Kier molecular flexibility index (Phi) is 4.94. The average Bonchev–Trinajstić information content (AvgIpc) is 2.11. The van der Waals surface area contributed by atoms with Crippen molar-refractivity contribution in [3.63, 3.8) is 0 Å². The summed E-state index contributed by atoms with van der Waals surface area (Å²) in [7, 11) is 0. The van der Waals surface area contributed by atoms with Gasteiger partial charge >= 0.3 is 18.5 Å². The monoisotopic (exact) mass is 306 g/mol. The van der Waals surface area contributed by atoms with Gasteiger partial charge in [0.05, 0.1) is 5.92 Å². The second kappa shape index (κ2) is 5.20. The second-order valence-electron chi connectivity index (χ2n) is 3.67. The average molecular weight is 306 g/mol. The molecule has 0 nitrogen and oxygen atoms in total. The van der Waals surface area contributed by atoms with Crippen LogP contribution in [0.2, 0.25) is 0 Å². The van der Waals surface area contributed by atoms with E-state index < -0.39 is 36.5 Å². The Morgan fingerprint density at radius 3 is 1.37 bits per heavy atom. The van der Waals surface area contributed by atoms with Gasteiger partial charge in [0.1, 0.15) is 0 Å². The van der Waals surface area contributed by atoms with Crippen LogP contribution in [0, 0.1) is 5.92 Å². The highest BCUT2D eigenvalue weighted by atomic mass is 19.4. The van der Waals surface area contributed by atoms with Crippen LogP contribution in [0.15, 0.2) is 12.2 Å². The Labute approximate surface area is 101 Å². The third-order valence-electron chi connectivity index (χ3n) is 2.25. The third-order valence-corrected chi connectivity index (χ3v) is 2.25. The van der Waals surface area contributed by atoms with Crippen molar-refractivity contribution in [2.75, 3.05) is 0 Å². The maximum absolute atomic E-state index is 13.1. The first-order valence-electron chi connectivity index (χ1n) is 4.68. The normalized spacial score (nSPS) is 17.0. The van der Waals surface area contributed by atoms with E-state index in [1.54, 1.807) is 0 Å². The molecule has 0 aromatic rings. The molecule has 0 radical (unpaired) electrons. The van der Waals surface area contributed by atoms with E-state index in [0.29, 0.717) is 6.08 Å². The molecule has 0 spiro atoms. The van der Waals surface area contributed by atoms with Crippen LogP contribution in [0.3, 0.4) is 0 Å². The molecule has 0 aromatic carbocycles. The molecule has 19 heavy (non-hydrogen) atoms. The Morgan fingerprint density at radius 2 is 1.16 bits per heavy atom. The quantitative estimate of drug-likeness (QED) is 0.510. The van der Waals surface area contributed by atoms with Crippen LogP contribution >= 0.6 is 0 Å². The molecule has 0 N–H and O–H groups in total. The van der Waals surface area contributed by atoms with Gasteiger partial charge in [-0.1, -0.05) is 12.2 Å². The smallest absolute Gasteiger partial charge is 0.224 e. The number of rotatable bonds is 3. The molecule has 0 aliphatic heterocycles. The second-order valence-corrected chi connectivity index (χ2v) is 3.67. The SMILES string of the molecule is C/C=C\C(CC(F)(C(F)(F)F)C(F)(F)F)C(F)(F)F. The molecular formula is C9H8F10. The van der Waals surface area contributed by atoms with Crippen molar-refractivity contribution >= 4 is 0 Å². The number of hydrogen-bond acceptors (Lipinski definition) is 0. The van der Waals surface area contributed by atoms with Gasteiger partial charge in [-0.2, -0.15) is 39.5 Å². The summed E-state index contributed by atoms with van der Waals surface area (Å²) in [5.41, 5.74) is -5.92. The molecule has 114 valence electrons. The Bertz CT molecular complexity index is 303. The molecule has 0 aliphatic rings. The molecule has 0 rings (SSSR count). The van der Waals surface area contributed by atoms with E-state index in [1.165, 1.54) is 0 Å². The van der Waals surface area contributed by atoms with Crippen LogP contribution in [-0.4, -0.2) is 24.2 Å². The third kappa shape index (κ3) is 4.00. The molecular weight excluding hydrogens is 298 g/mol. The highest BCUT2D eigenvalue weighted by molar-refractivity contribution is 5.02. The van der Waals surface area contributed by atoms with E-state index in [1.807, 2.05) is 0 Å². The summed E-state index contributed by atoms with van der Waals surface area (Å²) in [5.74, 6) is -3.19. The van der Waals surface area contributed by atoms with Crippen LogP contribution < -0.4 is 0 Å². The fraction of sp³-hybridized carbons (Fsp3) is 0.778. The number of hydrogen-bond donors (Lipinski definition) is 0. The standard InChI is InChI=1S/C9H8F10/c1-2-3-5(7(11,12)13)4-6(10,8(14,15)16)9(17,18)19/h2-3,5H,4H2,1H3/b3-2-. The van der Waals surface area contributed by atoms with Crippen molar-refractivity contribution in [2.45, 2.75) is 37.5 Å². The summed E-state index contributed by atoms with van der Waals surface area (Å²) in [5, 5.41) is 0. The molecule has 0 saturated carbocycles. The van der Waals surface area contributed by atoms with Crippen molar-refractivity contribution in [2.24, 2.45) is 5.92 Å². The molecule has 0 bridgehead atoms. The van der Waals surface area contributed by atoms with Crippen LogP contribution in [0.1, 0.15) is 13.3 Å². The lowest BCUT2D eigenvalue weighted by molar-refractivity contribution is -0.350. The van der Waals surface area contributed by atoms with Gasteiger partial charge in [-0.25, -0.2) is 4.39 Å². The van der Waals surface area contributed by atoms with Crippen molar-refractivity contribution in [3.8, 4) is 0 Å². The highest BCUT2D eigenvalue weighted by Crippen LogP contribution is 2.51. The van der Waals surface area contributed by atoms with E-state index in [0.717, 1.165) is 6.92 Å². The topological polar surface area (TPSA) is 0 Å². The minimum atomic E-state index is -6.49. The molecule has 0 heterocycles. The van der Waals surface area contributed by atoms with Crippen molar-refractivity contribution in [3.05, 3.63) is 12.2 Å².